The largest absolute Gasteiger partial charge is 0.463 e. The third-order valence-electron chi connectivity index (χ3n) is 4.53. The van der Waals surface area contributed by atoms with E-state index in [-0.39, 0.29) is 18.0 Å². The van der Waals surface area contributed by atoms with Crippen molar-refractivity contribution in [3.63, 3.8) is 0 Å². The van der Waals surface area contributed by atoms with Gasteiger partial charge < -0.3 is 14.4 Å². The van der Waals surface area contributed by atoms with Crippen molar-refractivity contribution in [1.82, 2.24) is 10.2 Å². The highest BCUT2D eigenvalue weighted by molar-refractivity contribution is 6.04. The number of hydrogen-bond acceptors (Lipinski definition) is 5. The van der Waals surface area contributed by atoms with Gasteiger partial charge in [0.1, 0.15) is 6.61 Å². The van der Waals surface area contributed by atoms with E-state index in [4.69, 9.17) is 9.47 Å². The molecule has 1 aromatic carbocycles. The Morgan fingerprint density at radius 3 is 2.43 bits per heavy atom. The standard InChI is InChI=1S/C22H37N3O3/c1-6-25(7-2)15-9-10-19(5)23-22(28-17-16-27-8-3)24-21(26)20-13-11-18(4)12-14-20/h11-14,19H,6-10,15-17H2,1-5H3,(H,23,24,26)/t19-/m1/s1. The number of amidine groups is 1. The summed E-state index contributed by atoms with van der Waals surface area (Å²) in [5, 5.41) is 2.80. The number of amides is 1. The lowest BCUT2D eigenvalue weighted by atomic mass is 10.1. The van der Waals surface area contributed by atoms with E-state index in [0.29, 0.717) is 25.4 Å². The fourth-order valence-corrected chi connectivity index (χ4v) is 2.74. The highest BCUT2D eigenvalue weighted by Gasteiger charge is 2.12. The van der Waals surface area contributed by atoms with Gasteiger partial charge in [-0.15, -0.1) is 0 Å². The fraction of sp³-hybridized carbons (Fsp3) is 0.636. The van der Waals surface area contributed by atoms with Crippen molar-refractivity contribution in [2.75, 3.05) is 39.5 Å². The number of benzene rings is 1. The second kappa shape index (κ2) is 14.1. The minimum absolute atomic E-state index is 0.0657. The first kappa shape index (κ1) is 24.1. The van der Waals surface area contributed by atoms with Crippen molar-refractivity contribution >= 4 is 11.9 Å². The molecule has 0 radical (unpaired) electrons. The maximum atomic E-state index is 12.5. The first-order chi connectivity index (χ1) is 13.5. The zero-order valence-corrected chi connectivity index (χ0v) is 18.2. The van der Waals surface area contributed by atoms with Crippen molar-refractivity contribution < 1.29 is 14.3 Å². The second-order valence-corrected chi connectivity index (χ2v) is 6.82. The molecule has 0 spiro atoms. The molecule has 0 aliphatic heterocycles. The Morgan fingerprint density at radius 2 is 1.82 bits per heavy atom. The predicted molar refractivity (Wildman–Crippen MR) is 115 cm³/mol. The number of ether oxygens (including phenoxy) is 2. The van der Waals surface area contributed by atoms with E-state index in [2.05, 4.69) is 29.1 Å². The fourth-order valence-electron chi connectivity index (χ4n) is 2.74. The first-order valence-electron chi connectivity index (χ1n) is 10.4. The van der Waals surface area contributed by atoms with Gasteiger partial charge in [-0.3, -0.25) is 10.1 Å². The van der Waals surface area contributed by atoms with Gasteiger partial charge in [0.2, 0.25) is 0 Å². The monoisotopic (exact) mass is 391 g/mol. The van der Waals surface area contributed by atoms with Gasteiger partial charge >= 0.3 is 0 Å². The molecule has 1 amide bonds. The Kier molecular flexibility index (Phi) is 12.2. The average molecular weight is 392 g/mol. The van der Waals surface area contributed by atoms with Crippen LogP contribution < -0.4 is 5.32 Å². The van der Waals surface area contributed by atoms with E-state index < -0.39 is 0 Å². The molecule has 1 rings (SSSR count). The van der Waals surface area contributed by atoms with Crippen LogP contribution >= 0.6 is 0 Å². The zero-order valence-electron chi connectivity index (χ0n) is 18.2. The lowest BCUT2D eigenvalue weighted by Crippen LogP contribution is -2.34. The van der Waals surface area contributed by atoms with Crippen LogP contribution in [0.3, 0.4) is 0 Å². The molecule has 0 aromatic heterocycles. The minimum Gasteiger partial charge on any atom is -0.463 e. The predicted octanol–water partition coefficient (Wildman–Crippen LogP) is 3.64. The van der Waals surface area contributed by atoms with Crippen LogP contribution in [0.4, 0.5) is 0 Å². The molecule has 28 heavy (non-hydrogen) atoms. The van der Waals surface area contributed by atoms with Gasteiger partial charge in [-0.2, -0.15) is 0 Å². The van der Waals surface area contributed by atoms with Crippen LogP contribution in [-0.2, 0) is 9.47 Å². The molecule has 0 unspecified atom stereocenters. The molecule has 1 N–H and O–H groups in total. The third-order valence-corrected chi connectivity index (χ3v) is 4.53. The molecule has 0 fully saturated rings. The van der Waals surface area contributed by atoms with Gasteiger partial charge in [-0.25, -0.2) is 4.99 Å². The summed E-state index contributed by atoms with van der Waals surface area (Å²) >= 11 is 0. The average Bonchev–Trinajstić information content (AvgIpc) is 2.69. The maximum absolute atomic E-state index is 12.5. The quantitative estimate of drug-likeness (QED) is 0.336. The number of aliphatic imine (C=N–C) groups is 1. The van der Waals surface area contributed by atoms with E-state index in [1.165, 1.54) is 0 Å². The first-order valence-corrected chi connectivity index (χ1v) is 10.4. The van der Waals surface area contributed by atoms with E-state index in [9.17, 15) is 4.79 Å². The molecular formula is C22H37N3O3. The van der Waals surface area contributed by atoms with Gasteiger partial charge in [0, 0.05) is 12.2 Å². The summed E-state index contributed by atoms with van der Waals surface area (Å²) < 4.78 is 11.0. The van der Waals surface area contributed by atoms with Crippen LogP contribution in [0.2, 0.25) is 0 Å². The van der Waals surface area contributed by atoms with E-state index in [1.54, 1.807) is 12.1 Å². The smallest absolute Gasteiger partial charge is 0.292 e. The van der Waals surface area contributed by atoms with Gasteiger partial charge in [-0.05, 0) is 65.4 Å². The molecule has 6 heteroatoms. The summed E-state index contributed by atoms with van der Waals surface area (Å²) in [7, 11) is 0. The topological polar surface area (TPSA) is 63.2 Å². The number of carbonyl (C=O) groups excluding carboxylic acids is 1. The van der Waals surface area contributed by atoms with Crippen LogP contribution in [-0.4, -0.2) is 62.3 Å². The summed E-state index contributed by atoms with van der Waals surface area (Å²) in [4.78, 5) is 19.5. The number of rotatable bonds is 12. The highest BCUT2D eigenvalue weighted by atomic mass is 16.5. The lowest BCUT2D eigenvalue weighted by Gasteiger charge is -2.18. The maximum Gasteiger partial charge on any atom is 0.292 e. The molecule has 158 valence electrons. The number of nitrogens with zero attached hydrogens (tertiary/aromatic N) is 2. The summed E-state index contributed by atoms with van der Waals surface area (Å²) in [6.07, 6.45) is 2.00. The summed E-state index contributed by atoms with van der Waals surface area (Å²) in [6.45, 7) is 15.0. The van der Waals surface area contributed by atoms with Gasteiger partial charge in [0.25, 0.3) is 11.9 Å². The highest BCUT2D eigenvalue weighted by Crippen LogP contribution is 2.06. The molecule has 1 aromatic rings. The Bertz CT molecular complexity index is 583. The van der Waals surface area contributed by atoms with Gasteiger partial charge in [-0.1, -0.05) is 31.5 Å². The molecule has 0 heterocycles. The number of aryl methyl sites for hydroxylation is 1. The Hall–Kier alpha value is -1.92. The van der Waals surface area contributed by atoms with Crippen LogP contribution in [0.1, 0.15) is 56.5 Å². The van der Waals surface area contributed by atoms with Crippen molar-refractivity contribution in [1.29, 1.82) is 0 Å². The number of carbonyl (C=O) groups is 1. The molecule has 0 aliphatic rings. The minimum atomic E-state index is -0.217. The molecule has 6 nitrogen and oxygen atoms in total. The zero-order chi connectivity index (χ0) is 20.8. The summed E-state index contributed by atoms with van der Waals surface area (Å²) in [5.74, 6) is -0.217. The van der Waals surface area contributed by atoms with E-state index >= 15 is 0 Å². The molecule has 0 saturated carbocycles. The van der Waals surface area contributed by atoms with Gasteiger partial charge in [0.05, 0.1) is 12.6 Å². The molecule has 1 atom stereocenters. The normalized spacial score (nSPS) is 12.9. The van der Waals surface area contributed by atoms with Crippen molar-refractivity contribution in [3.8, 4) is 0 Å². The molecule has 0 bridgehead atoms. The summed E-state index contributed by atoms with van der Waals surface area (Å²) in [6, 6.07) is 7.76. The van der Waals surface area contributed by atoms with Crippen LogP contribution in [0.15, 0.2) is 29.3 Å². The number of hydrogen-bond donors (Lipinski definition) is 1. The van der Waals surface area contributed by atoms with Crippen molar-refractivity contribution in [2.45, 2.75) is 53.5 Å². The van der Waals surface area contributed by atoms with E-state index in [1.807, 2.05) is 32.9 Å². The molecule has 0 aliphatic carbocycles. The Balaban J connectivity index is 2.66. The van der Waals surface area contributed by atoms with Crippen LogP contribution in [0, 0.1) is 6.92 Å². The number of nitrogens with one attached hydrogen (secondary N) is 1. The second-order valence-electron chi connectivity index (χ2n) is 6.82. The molecule has 0 saturated heterocycles. The van der Waals surface area contributed by atoms with Crippen LogP contribution in [0.25, 0.3) is 0 Å². The summed E-state index contributed by atoms with van der Waals surface area (Å²) in [5.41, 5.74) is 1.70. The molecular weight excluding hydrogens is 354 g/mol. The lowest BCUT2D eigenvalue weighted by molar-refractivity contribution is 0.0921. The Morgan fingerprint density at radius 1 is 1.14 bits per heavy atom. The Labute approximate surface area is 170 Å². The SMILES string of the molecule is CCOCCOC(=N[C@H](C)CCCN(CC)CC)NC(=O)c1ccc(C)cc1. The van der Waals surface area contributed by atoms with Crippen molar-refractivity contribution in [3.05, 3.63) is 35.4 Å². The van der Waals surface area contributed by atoms with Crippen LogP contribution in [0.5, 0.6) is 0 Å². The van der Waals surface area contributed by atoms with Gasteiger partial charge in [0.15, 0.2) is 0 Å². The van der Waals surface area contributed by atoms with Crippen molar-refractivity contribution in [2.24, 2.45) is 4.99 Å². The third kappa shape index (κ3) is 9.85. The van der Waals surface area contributed by atoms with E-state index in [0.717, 1.165) is 38.0 Å².